The summed E-state index contributed by atoms with van der Waals surface area (Å²) in [5.74, 6) is -0.154. The third kappa shape index (κ3) is 3.87. The van der Waals surface area contributed by atoms with Gasteiger partial charge in [-0.15, -0.1) is 11.3 Å². The first-order chi connectivity index (χ1) is 11.5. The molecule has 132 valence electrons. The van der Waals surface area contributed by atoms with Gasteiger partial charge in [0.05, 0.1) is 30.7 Å². The van der Waals surface area contributed by atoms with E-state index >= 15 is 0 Å². The number of amides is 3. The average Bonchev–Trinajstić information content (AvgIpc) is 3.18. The van der Waals surface area contributed by atoms with Crippen molar-refractivity contribution in [2.45, 2.75) is 25.6 Å². The van der Waals surface area contributed by atoms with Crippen molar-refractivity contribution >= 4 is 23.3 Å². The minimum absolute atomic E-state index is 0.0911. The van der Waals surface area contributed by atoms with Crippen molar-refractivity contribution in [2.75, 3.05) is 39.4 Å². The maximum atomic E-state index is 13.9. The van der Waals surface area contributed by atoms with Crippen molar-refractivity contribution in [2.24, 2.45) is 0 Å². The summed E-state index contributed by atoms with van der Waals surface area (Å²) in [7, 11) is 0. The maximum Gasteiger partial charge on any atom is 0.317 e. The Morgan fingerprint density at radius 2 is 2.12 bits per heavy atom. The highest BCUT2D eigenvalue weighted by molar-refractivity contribution is 7.13. The van der Waals surface area contributed by atoms with E-state index in [0.29, 0.717) is 31.2 Å². The Labute approximate surface area is 144 Å². The second kappa shape index (κ2) is 7.48. The molecule has 2 atom stereocenters. The summed E-state index contributed by atoms with van der Waals surface area (Å²) < 4.78 is 19.1. The summed E-state index contributed by atoms with van der Waals surface area (Å²) in [6.07, 6.45) is -0.778. The monoisotopic (exact) mass is 355 g/mol. The molecule has 1 N–H and O–H groups in total. The van der Waals surface area contributed by atoms with Gasteiger partial charge in [0.25, 0.3) is 5.91 Å². The van der Waals surface area contributed by atoms with Crippen LogP contribution in [0.3, 0.4) is 0 Å². The molecule has 0 spiro atoms. The highest BCUT2D eigenvalue weighted by Crippen LogP contribution is 2.25. The zero-order chi connectivity index (χ0) is 17.1. The molecule has 1 aromatic heterocycles. The number of carbonyl (C=O) groups is 2. The number of carbonyl (C=O) groups excluding carboxylic acids is 2. The van der Waals surface area contributed by atoms with Gasteiger partial charge in [-0.1, -0.05) is 0 Å². The lowest BCUT2D eigenvalue weighted by Gasteiger charge is -2.29. The van der Waals surface area contributed by atoms with Gasteiger partial charge in [-0.05, 0) is 19.1 Å². The van der Waals surface area contributed by atoms with Crippen molar-refractivity contribution in [1.82, 2.24) is 15.1 Å². The first-order valence-corrected chi connectivity index (χ1v) is 8.98. The molecule has 2 aliphatic heterocycles. The lowest BCUT2D eigenvalue weighted by Crippen LogP contribution is -2.50. The third-order valence-electron chi connectivity index (χ3n) is 4.36. The van der Waals surface area contributed by atoms with Crippen LogP contribution in [0.1, 0.15) is 21.0 Å². The van der Waals surface area contributed by atoms with E-state index in [1.165, 1.54) is 11.3 Å². The zero-order valence-electron chi connectivity index (χ0n) is 13.7. The van der Waals surface area contributed by atoms with Crippen LogP contribution in [0, 0.1) is 6.92 Å². The van der Waals surface area contributed by atoms with Crippen molar-refractivity contribution in [3.8, 4) is 0 Å². The number of hydrogen-bond donors (Lipinski definition) is 1. The van der Waals surface area contributed by atoms with Crippen LogP contribution in [0.15, 0.2) is 12.1 Å². The topological polar surface area (TPSA) is 61.9 Å². The van der Waals surface area contributed by atoms with E-state index in [0.717, 1.165) is 4.88 Å². The second-order valence-electron chi connectivity index (χ2n) is 6.14. The number of likely N-dealkylation sites (tertiary alicyclic amines) is 1. The summed E-state index contributed by atoms with van der Waals surface area (Å²) in [6, 6.07) is 3.17. The van der Waals surface area contributed by atoms with E-state index in [2.05, 4.69) is 5.32 Å². The van der Waals surface area contributed by atoms with Crippen molar-refractivity contribution in [3.63, 3.8) is 0 Å². The Morgan fingerprint density at radius 3 is 2.79 bits per heavy atom. The van der Waals surface area contributed by atoms with Gasteiger partial charge in [-0.3, -0.25) is 4.79 Å². The SMILES string of the molecule is Cc1ccc(C(=O)N2CC(F)CC2CNC(=O)N2CCOCC2)s1. The number of urea groups is 1. The lowest BCUT2D eigenvalue weighted by molar-refractivity contribution is 0.0525. The van der Waals surface area contributed by atoms with Crippen molar-refractivity contribution in [1.29, 1.82) is 0 Å². The quantitative estimate of drug-likeness (QED) is 0.897. The number of nitrogens with zero attached hydrogens (tertiary/aromatic N) is 2. The number of aryl methyl sites for hydroxylation is 1. The third-order valence-corrected chi connectivity index (χ3v) is 5.35. The predicted octanol–water partition coefficient (Wildman–Crippen LogP) is 1.65. The number of alkyl halides is 1. The van der Waals surface area contributed by atoms with E-state index in [9.17, 15) is 14.0 Å². The number of morpholine rings is 1. The van der Waals surface area contributed by atoms with Gasteiger partial charge >= 0.3 is 6.03 Å². The fourth-order valence-electron chi connectivity index (χ4n) is 3.08. The number of halogens is 1. The van der Waals surface area contributed by atoms with Crippen LogP contribution in [0.5, 0.6) is 0 Å². The largest absolute Gasteiger partial charge is 0.378 e. The van der Waals surface area contributed by atoms with Crippen LogP contribution >= 0.6 is 11.3 Å². The van der Waals surface area contributed by atoms with Gasteiger partial charge < -0.3 is 19.9 Å². The minimum Gasteiger partial charge on any atom is -0.378 e. The molecule has 3 rings (SSSR count). The van der Waals surface area contributed by atoms with Gasteiger partial charge in [0.2, 0.25) is 0 Å². The van der Waals surface area contributed by atoms with Crippen LogP contribution in [0.4, 0.5) is 9.18 Å². The number of thiophene rings is 1. The van der Waals surface area contributed by atoms with Gasteiger partial charge in [0.15, 0.2) is 0 Å². The highest BCUT2D eigenvalue weighted by atomic mass is 32.1. The molecule has 1 aromatic rings. The molecular weight excluding hydrogens is 333 g/mol. The van der Waals surface area contributed by atoms with Gasteiger partial charge in [0.1, 0.15) is 6.17 Å². The smallest absolute Gasteiger partial charge is 0.317 e. The van der Waals surface area contributed by atoms with Gasteiger partial charge in [-0.2, -0.15) is 0 Å². The first-order valence-electron chi connectivity index (χ1n) is 8.16. The van der Waals surface area contributed by atoms with E-state index in [4.69, 9.17) is 4.74 Å². The summed E-state index contributed by atoms with van der Waals surface area (Å²) in [5.41, 5.74) is 0. The maximum absolute atomic E-state index is 13.9. The molecule has 2 fully saturated rings. The fourth-order valence-corrected chi connectivity index (χ4v) is 3.90. The molecular formula is C16H22FN3O3S. The molecule has 6 nitrogen and oxygen atoms in total. The van der Waals surface area contributed by atoms with Gasteiger partial charge in [-0.25, -0.2) is 9.18 Å². The number of rotatable bonds is 3. The van der Waals surface area contributed by atoms with E-state index < -0.39 is 6.17 Å². The van der Waals surface area contributed by atoms with Crippen LogP contribution < -0.4 is 5.32 Å². The normalized spacial score (nSPS) is 24.2. The Balaban J connectivity index is 1.58. The molecule has 24 heavy (non-hydrogen) atoms. The standard InChI is InChI=1S/C16H22FN3O3S/c1-11-2-3-14(24-11)15(21)20-10-12(17)8-13(20)9-18-16(22)19-4-6-23-7-5-19/h2-3,12-13H,4-10H2,1H3,(H,18,22). The van der Waals surface area contributed by atoms with Crippen molar-refractivity contribution < 1.29 is 18.7 Å². The summed E-state index contributed by atoms with van der Waals surface area (Å²) in [5, 5.41) is 2.83. The number of ether oxygens (including phenoxy) is 1. The van der Waals surface area contributed by atoms with Crippen LogP contribution in [0.2, 0.25) is 0 Å². The molecule has 0 aliphatic carbocycles. The molecule has 0 bridgehead atoms. The van der Waals surface area contributed by atoms with Crippen LogP contribution in [0.25, 0.3) is 0 Å². The molecule has 0 saturated carbocycles. The molecule has 2 saturated heterocycles. The second-order valence-corrected chi connectivity index (χ2v) is 7.43. The Bertz CT molecular complexity index is 603. The number of nitrogens with one attached hydrogen (secondary N) is 1. The summed E-state index contributed by atoms with van der Waals surface area (Å²) in [6.45, 7) is 4.47. The van der Waals surface area contributed by atoms with Crippen molar-refractivity contribution in [3.05, 3.63) is 21.9 Å². The van der Waals surface area contributed by atoms with Crippen LogP contribution in [-0.2, 0) is 4.74 Å². The van der Waals surface area contributed by atoms with Gasteiger partial charge in [0, 0.05) is 30.9 Å². The van der Waals surface area contributed by atoms with E-state index in [-0.39, 0.29) is 37.5 Å². The Kier molecular flexibility index (Phi) is 5.35. The molecule has 2 unspecified atom stereocenters. The molecule has 8 heteroatoms. The van der Waals surface area contributed by atoms with E-state index in [1.807, 2.05) is 13.0 Å². The Hall–Kier alpha value is -1.67. The average molecular weight is 355 g/mol. The predicted molar refractivity (Wildman–Crippen MR) is 89.2 cm³/mol. The fraction of sp³-hybridized carbons (Fsp3) is 0.625. The summed E-state index contributed by atoms with van der Waals surface area (Å²) >= 11 is 1.41. The minimum atomic E-state index is -1.04. The molecule has 0 radical (unpaired) electrons. The lowest BCUT2D eigenvalue weighted by atomic mass is 10.2. The number of hydrogen-bond acceptors (Lipinski definition) is 4. The summed E-state index contributed by atoms with van der Waals surface area (Å²) in [4.78, 5) is 29.6. The zero-order valence-corrected chi connectivity index (χ0v) is 14.5. The van der Waals surface area contributed by atoms with Crippen LogP contribution in [-0.4, -0.2) is 73.3 Å². The molecule has 3 amide bonds. The van der Waals surface area contributed by atoms with E-state index in [1.54, 1.807) is 15.9 Å². The molecule has 2 aliphatic rings. The molecule has 3 heterocycles. The molecule has 0 aromatic carbocycles. The Morgan fingerprint density at radius 1 is 1.38 bits per heavy atom. The first kappa shape index (κ1) is 17.2. The highest BCUT2D eigenvalue weighted by Gasteiger charge is 2.36.